The summed E-state index contributed by atoms with van der Waals surface area (Å²) in [5.41, 5.74) is 4.88. The summed E-state index contributed by atoms with van der Waals surface area (Å²) in [6, 6.07) is 16.2. The van der Waals surface area contributed by atoms with Crippen LogP contribution in [0.15, 0.2) is 73.2 Å². The average molecular weight is 682 g/mol. The third-order valence-corrected chi connectivity index (χ3v) is 9.10. The van der Waals surface area contributed by atoms with Gasteiger partial charge >= 0.3 is 6.09 Å². The van der Waals surface area contributed by atoms with E-state index >= 15 is 8.78 Å². The molecule has 1 N–H and O–H groups in total. The number of piperidine rings is 1. The molecule has 0 unspecified atom stereocenters. The monoisotopic (exact) mass is 681 g/mol. The second-order valence-electron chi connectivity index (χ2n) is 13.8. The van der Waals surface area contributed by atoms with Crippen molar-refractivity contribution in [2.45, 2.75) is 51.8 Å². The molecule has 0 atom stereocenters. The maximum Gasteiger partial charge on any atom is 0.412 e. The van der Waals surface area contributed by atoms with Crippen LogP contribution in [0.3, 0.4) is 0 Å². The number of aromatic nitrogens is 4. The summed E-state index contributed by atoms with van der Waals surface area (Å²) in [6.45, 7) is 9.76. The first-order chi connectivity index (χ1) is 24.1. The molecule has 260 valence electrons. The average Bonchev–Trinajstić information content (AvgIpc) is 3.60. The summed E-state index contributed by atoms with van der Waals surface area (Å²) in [5.74, 6) is -1.16. The summed E-state index contributed by atoms with van der Waals surface area (Å²) in [6.07, 6.45) is 6.78. The maximum absolute atomic E-state index is 15.3. The highest BCUT2D eigenvalue weighted by Gasteiger charge is 2.24. The lowest BCUT2D eigenvalue weighted by molar-refractivity contribution is 0.0332. The summed E-state index contributed by atoms with van der Waals surface area (Å²) in [5, 5.41) is 7.51. The number of carbonyl (C=O) groups excluding carboxylic acids is 1. The lowest BCUT2D eigenvalue weighted by atomic mass is 10.0. The van der Waals surface area contributed by atoms with Crippen LogP contribution in [0.25, 0.3) is 33.4 Å². The van der Waals surface area contributed by atoms with Crippen molar-refractivity contribution in [2.24, 2.45) is 0 Å². The van der Waals surface area contributed by atoms with E-state index in [0.29, 0.717) is 59.8 Å². The molecule has 0 spiro atoms. The van der Waals surface area contributed by atoms with Gasteiger partial charge in [0.1, 0.15) is 17.2 Å². The van der Waals surface area contributed by atoms with Crippen molar-refractivity contribution in [3.63, 3.8) is 0 Å². The zero-order chi connectivity index (χ0) is 34.8. The number of amides is 1. The maximum atomic E-state index is 15.3. The molecule has 4 heterocycles. The van der Waals surface area contributed by atoms with Gasteiger partial charge in [0.05, 0.1) is 48.4 Å². The lowest BCUT2D eigenvalue weighted by Gasteiger charge is -2.34. The first-order valence-electron chi connectivity index (χ1n) is 17.0. The van der Waals surface area contributed by atoms with E-state index in [1.54, 1.807) is 12.4 Å². The van der Waals surface area contributed by atoms with Crippen molar-refractivity contribution in [1.29, 1.82) is 0 Å². The molecule has 2 aromatic heterocycles. The molecule has 50 heavy (non-hydrogen) atoms. The second-order valence-corrected chi connectivity index (χ2v) is 13.8. The van der Waals surface area contributed by atoms with Crippen molar-refractivity contribution in [2.75, 3.05) is 49.6 Å². The van der Waals surface area contributed by atoms with Crippen LogP contribution in [-0.4, -0.2) is 75.7 Å². The van der Waals surface area contributed by atoms with Gasteiger partial charge in [0, 0.05) is 67.0 Å². The number of halogens is 2. The van der Waals surface area contributed by atoms with Gasteiger partial charge in [0.25, 0.3) is 0 Å². The Bertz CT molecular complexity index is 1970. The molecule has 5 aromatic rings. The molecule has 0 aliphatic carbocycles. The van der Waals surface area contributed by atoms with Crippen LogP contribution >= 0.6 is 0 Å². The van der Waals surface area contributed by atoms with Crippen LogP contribution in [0, 0.1) is 11.6 Å². The minimum absolute atomic E-state index is 0.0598. The highest BCUT2D eigenvalue weighted by Crippen LogP contribution is 2.33. The quantitative estimate of drug-likeness (QED) is 0.189. The zero-order valence-electron chi connectivity index (χ0n) is 28.5. The van der Waals surface area contributed by atoms with E-state index in [2.05, 4.69) is 20.3 Å². The Kier molecular flexibility index (Phi) is 9.48. The van der Waals surface area contributed by atoms with Crippen LogP contribution in [0.4, 0.5) is 25.0 Å². The molecule has 2 aliphatic rings. The van der Waals surface area contributed by atoms with E-state index in [4.69, 9.17) is 14.5 Å². The van der Waals surface area contributed by atoms with Gasteiger partial charge in [-0.15, -0.1) is 0 Å². The van der Waals surface area contributed by atoms with Crippen LogP contribution in [0.5, 0.6) is 0 Å². The molecular formula is C38H41F2N7O3. The van der Waals surface area contributed by atoms with Gasteiger partial charge in [-0.05, 0) is 75.6 Å². The Morgan fingerprint density at radius 1 is 0.960 bits per heavy atom. The number of morpholine rings is 1. The second kappa shape index (κ2) is 14.1. The fraction of sp³-hybridized carbons (Fsp3) is 0.368. The summed E-state index contributed by atoms with van der Waals surface area (Å²) in [7, 11) is 0. The van der Waals surface area contributed by atoms with Crippen molar-refractivity contribution < 1.29 is 23.0 Å². The first-order valence-corrected chi connectivity index (χ1v) is 17.0. The number of fused-ring (bicyclic) bond motifs is 1. The largest absolute Gasteiger partial charge is 0.444 e. The fourth-order valence-corrected chi connectivity index (χ4v) is 6.56. The standard InChI is InChI=1S/C38H41F2N7O3/c1-38(2,3)50-37(48)43-27-6-4-7-29(20-27)46-12-10-28(11-13-46)47-23-26(21-42-47)35-22-41-34-9-5-8-30(36(34)44-35)25-18-32(39)31(33(40)19-25)24-45-14-16-49-17-15-45/h4-9,18-23,28H,10-17,24H2,1-3H3,(H,43,48). The van der Waals surface area contributed by atoms with E-state index in [-0.39, 0.29) is 18.2 Å². The first kappa shape index (κ1) is 33.6. The van der Waals surface area contributed by atoms with Crippen LogP contribution in [0.1, 0.15) is 45.2 Å². The number of hydrogen-bond acceptors (Lipinski definition) is 8. The molecule has 2 fully saturated rings. The highest BCUT2D eigenvalue weighted by atomic mass is 19.1. The Morgan fingerprint density at radius 2 is 1.70 bits per heavy atom. The number of ether oxygens (including phenoxy) is 2. The predicted octanol–water partition coefficient (Wildman–Crippen LogP) is 7.46. The fourth-order valence-electron chi connectivity index (χ4n) is 6.56. The third-order valence-electron chi connectivity index (χ3n) is 9.10. The van der Waals surface area contributed by atoms with Crippen LogP contribution < -0.4 is 10.2 Å². The lowest BCUT2D eigenvalue weighted by Crippen LogP contribution is -2.36. The molecule has 10 nitrogen and oxygen atoms in total. The molecule has 2 aliphatic heterocycles. The van der Waals surface area contributed by atoms with Crippen LogP contribution in [-0.2, 0) is 16.0 Å². The number of nitrogens with one attached hydrogen (secondary N) is 1. The summed E-state index contributed by atoms with van der Waals surface area (Å²) in [4.78, 5) is 26.1. The van der Waals surface area contributed by atoms with Crippen molar-refractivity contribution >= 4 is 28.5 Å². The normalized spacial score (nSPS) is 16.1. The minimum Gasteiger partial charge on any atom is -0.444 e. The number of rotatable bonds is 7. The minimum atomic E-state index is -0.579. The molecule has 0 bridgehead atoms. The number of nitrogens with zero attached hydrogens (tertiary/aromatic N) is 6. The van der Waals surface area contributed by atoms with Crippen molar-refractivity contribution in [3.05, 3.63) is 90.4 Å². The Labute approximate surface area is 290 Å². The molecule has 2 saturated heterocycles. The van der Waals surface area contributed by atoms with E-state index in [1.807, 2.05) is 79.0 Å². The van der Waals surface area contributed by atoms with E-state index in [1.165, 1.54) is 12.1 Å². The van der Waals surface area contributed by atoms with E-state index in [9.17, 15) is 4.79 Å². The molecule has 0 saturated carbocycles. The molecule has 3 aromatic carbocycles. The predicted molar refractivity (Wildman–Crippen MR) is 189 cm³/mol. The molecule has 0 radical (unpaired) electrons. The molecule has 1 amide bonds. The van der Waals surface area contributed by atoms with Crippen molar-refractivity contribution in [1.82, 2.24) is 24.6 Å². The topological polar surface area (TPSA) is 97.6 Å². The van der Waals surface area contributed by atoms with Gasteiger partial charge in [-0.2, -0.15) is 5.10 Å². The van der Waals surface area contributed by atoms with Gasteiger partial charge in [0.15, 0.2) is 0 Å². The summed E-state index contributed by atoms with van der Waals surface area (Å²) < 4.78 is 43.4. The Hall–Kier alpha value is -4.94. The Balaban J connectivity index is 1.05. The SMILES string of the molecule is CC(C)(C)OC(=O)Nc1cccc(N2CCC(n3cc(-c4cnc5cccc(-c6cc(F)c(CN7CCOCC7)c(F)c6)c5n4)cn3)CC2)c1. The van der Waals surface area contributed by atoms with Crippen molar-refractivity contribution in [3.8, 4) is 22.4 Å². The third kappa shape index (κ3) is 7.61. The molecule has 7 rings (SSSR count). The smallest absolute Gasteiger partial charge is 0.412 e. The Morgan fingerprint density at radius 3 is 2.44 bits per heavy atom. The van der Waals surface area contributed by atoms with E-state index in [0.717, 1.165) is 37.2 Å². The zero-order valence-corrected chi connectivity index (χ0v) is 28.5. The number of benzene rings is 3. The van der Waals surface area contributed by atoms with Gasteiger partial charge in [-0.25, -0.2) is 18.6 Å². The molecular weight excluding hydrogens is 640 g/mol. The van der Waals surface area contributed by atoms with Gasteiger partial charge in [-0.3, -0.25) is 19.9 Å². The summed E-state index contributed by atoms with van der Waals surface area (Å²) >= 11 is 0. The number of hydrogen-bond donors (Lipinski definition) is 1. The number of para-hydroxylation sites is 1. The number of anilines is 2. The van der Waals surface area contributed by atoms with Gasteiger partial charge in [-0.1, -0.05) is 18.2 Å². The number of carbonyl (C=O) groups is 1. The van der Waals surface area contributed by atoms with Gasteiger partial charge < -0.3 is 14.4 Å². The van der Waals surface area contributed by atoms with Gasteiger partial charge in [0.2, 0.25) is 0 Å². The molecule has 12 heteroatoms. The van der Waals surface area contributed by atoms with E-state index < -0.39 is 23.3 Å². The highest BCUT2D eigenvalue weighted by molar-refractivity contribution is 5.92. The van der Waals surface area contributed by atoms with Crippen LogP contribution in [0.2, 0.25) is 0 Å².